The summed E-state index contributed by atoms with van der Waals surface area (Å²) in [6.45, 7) is 14.5. The second-order valence-corrected chi connectivity index (χ2v) is 17.8. The Bertz CT molecular complexity index is 802. The van der Waals surface area contributed by atoms with Crippen LogP contribution in [0.2, 0.25) is 0 Å². The molecule has 4 saturated carbocycles. The van der Waals surface area contributed by atoms with E-state index >= 15 is 0 Å². The molecule has 3 N–H and O–H groups in total. The summed E-state index contributed by atoms with van der Waals surface area (Å²) >= 11 is 0. The number of nitrogens with two attached hydrogens (primary N) is 1. The molecule has 0 amide bonds. The molecule has 0 aromatic carbocycles. The van der Waals surface area contributed by atoms with Gasteiger partial charge in [-0.3, -0.25) is 0 Å². The van der Waals surface area contributed by atoms with Gasteiger partial charge in [0, 0.05) is 6.61 Å². The van der Waals surface area contributed by atoms with Crippen LogP contribution in [0.1, 0.15) is 195 Å². The van der Waals surface area contributed by atoms with Crippen LogP contribution in [-0.2, 0) is 4.74 Å². The van der Waals surface area contributed by atoms with Gasteiger partial charge in [-0.15, -0.1) is 0 Å². The van der Waals surface area contributed by atoms with Crippen LogP contribution in [0, 0.1) is 46.3 Å². The number of hydrogen-bond acceptors (Lipinski definition) is 3. The number of hydrogen-bond donors (Lipinski definition) is 2. The Morgan fingerprint density at radius 1 is 0.674 bits per heavy atom. The van der Waals surface area contributed by atoms with E-state index in [2.05, 4.69) is 33.0 Å². The summed E-state index contributed by atoms with van der Waals surface area (Å²) in [4.78, 5) is 0. The largest absolute Gasteiger partial charge is 0.378 e. The van der Waals surface area contributed by atoms with Gasteiger partial charge in [0.2, 0.25) is 0 Å². The van der Waals surface area contributed by atoms with E-state index < -0.39 is 0 Å². The van der Waals surface area contributed by atoms with E-state index in [4.69, 9.17) is 10.5 Å². The maximum atomic E-state index is 6.29. The Morgan fingerprint density at radius 3 is 1.96 bits per heavy atom. The molecule has 46 heavy (non-hydrogen) atoms. The zero-order valence-electron chi connectivity index (χ0n) is 31.7. The van der Waals surface area contributed by atoms with Crippen molar-refractivity contribution in [2.24, 2.45) is 52.1 Å². The van der Waals surface area contributed by atoms with Gasteiger partial charge >= 0.3 is 0 Å². The van der Waals surface area contributed by atoms with Gasteiger partial charge in [-0.1, -0.05) is 111 Å². The highest BCUT2D eigenvalue weighted by atomic mass is 16.5. The molecular formula is C43H82N2O. The van der Waals surface area contributed by atoms with Crippen LogP contribution in [0.3, 0.4) is 0 Å². The number of rotatable bonds is 24. The van der Waals surface area contributed by atoms with Gasteiger partial charge in [-0.05, 0) is 149 Å². The van der Waals surface area contributed by atoms with Crippen LogP contribution in [0.15, 0.2) is 0 Å². The first-order valence-corrected chi connectivity index (χ1v) is 21.5. The predicted molar refractivity (Wildman–Crippen MR) is 200 cm³/mol. The van der Waals surface area contributed by atoms with Crippen molar-refractivity contribution in [2.45, 2.75) is 201 Å². The monoisotopic (exact) mass is 643 g/mol. The van der Waals surface area contributed by atoms with Crippen molar-refractivity contribution in [1.29, 1.82) is 0 Å². The Morgan fingerprint density at radius 2 is 1.28 bits per heavy atom. The molecule has 4 rings (SSSR count). The zero-order chi connectivity index (χ0) is 32.7. The van der Waals surface area contributed by atoms with Crippen molar-refractivity contribution in [3.63, 3.8) is 0 Å². The van der Waals surface area contributed by atoms with E-state index in [1.165, 1.54) is 174 Å². The third-order valence-corrected chi connectivity index (χ3v) is 14.8. The normalized spacial score (nSPS) is 34.6. The third kappa shape index (κ3) is 10.7. The van der Waals surface area contributed by atoms with Gasteiger partial charge < -0.3 is 15.8 Å². The summed E-state index contributed by atoms with van der Waals surface area (Å²) in [5.41, 5.74) is 6.90. The van der Waals surface area contributed by atoms with Gasteiger partial charge in [-0.2, -0.15) is 0 Å². The number of ether oxygens (including phenoxy) is 1. The fourth-order valence-corrected chi connectivity index (χ4v) is 12.0. The summed E-state index contributed by atoms with van der Waals surface area (Å²) in [6.07, 6.45) is 37.6. The molecule has 0 aromatic rings. The first kappa shape index (κ1) is 38.7. The summed E-state index contributed by atoms with van der Waals surface area (Å²) < 4.78 is 6.29. The fraction of sp³-hybridized carbons (Fsp3) is 1.00. The first-order chi connectivity index (χ1) is 22.4. The van der Waals surface area contributed by atoms with E-state index in [0.29, 0.717) is 16.9 Å². The van der Waals surface area contributed by atoms with Crippen LogP contribution in [0.4, 0.5) is 0 Å². The molecule has 9 atom stereocenters. The van der Waals surface area contributed by atoms with Crippen molar-refractivity contribution < 1.29 is 4.74 Å². The summed E-state index contributed by atoms with van der Waals surface area (Å²) in [6, 6.07) is 0. The van der Waals surface area contributed by atoms with E-state index in [1.807, 2.05) is 0 Å². The fourth-order valence-electron chi connectivity index (χ4n) is 12.0. The van der Waals surface area contributed by atoms with Crippen LogP contribution in [0.25, 0.3) is 0 Å². The van der Waals surface area contributed by atoms with Crippen molar-refractivity contribution >= 4 is 0 Å². The minimum atomic E-state index is 0.500. The Kier molecular flexibility index (Phi) is 17.3. The average Bonchev–Trinajstić information content (AvgIpc) is 3.41. The minimum Gasteiger partial charge on any atom is -0.378 e. The van der Waals surface area contributed by atoms with Crippen molar-refractivity contribution in [1.82, 2.24) is 5.32 Å². The maximum Gasteiger partial charge on any atom is 0.0578 e. The smallest absolute Gasteiger partial charge is 0.0578 e. The standard InChI is InChI=1S/C43H82N2O/c1-5-6-7-8-9-10-11-12-13-14-15-16-17-18-31-45-32-19-21-35(2)39-24-25-40-38-23-22-36-34-37(46-33-20-30-44)26-28-42(36,3)41(38)27-29-43(39,40)4/h35-41,45H,5-34,44H2,1-4H3/t35-,36?,37-,38?,39?,40?,41?,42+,43-/m1/s1. The highest BCUT2D eigenvalue weighted by Gasteiger charge is 2.60. The van der Waals surface area contributed by atoms with E-state index in [1.54, 1.807) is 0 Å². The molecule has 0 bridgehead atoms. The van der Waals surface area contributed by atoms with Crippen molar-refractivity contribution in [2.75, 3.05) is 26.2 Å². The van der Waals surface area contributed by atoms with Crippen molar-refractivity contribution in [3.8, 4) is 0 Å². The predicted octanol–water partition coefficient (Wildman–Crippen LogP) is 11.9. The molecule has 4 aliphatic carbocycles. The van der Waals surface area contributed by atoms with Gasteiger partial charge in [0.1, 0.15) is 0 Å². The molecule has 3 heteroatoms. The van der Waals surface area contributed by atoms with E-state index in [-0.39, 0.29) is 0 Å². The molecule has 0 spiro atoms. The molecule has 4 fully saturated rings. The highest BCUT2D eigenvalue weighted by Crippen LogP contribution is 2.68. The Balaban J connectivity index is 1.04. The lowest BCUT2D eigenvalue weighted by molar-refractivity contribution is -0.136. The van der Waals surface area contributed by atoms with E-state index in [0.717, 1.165) is 55.1 Å². The van der Waals surface area contributed by atoms with Crippen LogP contribution < -0.4 is 11.1 Å². The Hall–Kier alpha value is -0.120. The third-order valence-electron chi connectivity index (χ3n) is 14.8. The second kappa shape index (κ2) is 20.5. The topological polar surface area (TPSA) is 47.3 Å². The molecule has 0 saturated heterocycles. The summed E-state index contributed by atoms with van der Waals surface area (Å²) in [7, 11) is 0. The number of fused-ring (bicyclic) bond motifs is 5. The summed E-state index contributed by atoms with van der Waals surface area (Å²) in [5, 5.41) is 3.81. The SMILES string of the molecule is CCCCCCCCCCCCCCCCNCCC[C@@H](C)C1CCC2C3CCC4C[C@H](OCCCN)CC[C@]4(C)C3CC[C@@]21C. The van der Waals surface area contributed by atoms with Gasteiger partial charge in [0.15, 0.2) is 0 Å². The molecule has 0 radical (unpaired) electrons. The Labute approximate surface area is 288 Å². The first-order valence-electron chi connectivity index (χ1n) is 21.5. The second-order valence-electron chi connectivity index (χ2n) is 17.8. The lowest BCUT2D eigenvalue weighted by Gasteiger charge is -2.61. The molecule has 270 valence electrons. The number of unbranched alkanes of at least 4 members (excludes halogenated alkanes) is 13. The van der Waals surface area contributed by atoms with E-state index in [9.17, 15) is 0 Å². The molecule has 0 aliphatic heterocycles. The van der Waals surface area contributed by atoms with Crippen LogP contribution in [-0.4, -0.2) is 32.3 Å². The average molecular weight is 643 g/mol. The van der Waals surface area contributed by atoms with Gasteiger partial charge in [-0.25, -0.2) is 0 Å². The molecule has 3 nitrogen and oxygen atoms in total. The van der Waals surface area contributed by atoms with Gasteiger partial charge in [0.25, 0.3) is 0 Å². The lowest BCUT2D eigenvalue weighted by atomic mass is 9.44. The molecule has 4 aliphatic rings. The molecule has 5 unspecified atom stereocenters. The summed E-state index contributed by atoms with van der Waals surface area (Å²) in [5.74, 6) is 5.71. The van der Waals surface area contributed by atoms with Gasteiger partial charge in [0.05, 0.1) is 6.10 Å². The quantitative estimate of drug-likeness (QED) is 0.103. The molecule has 0 heterocycles. The van der Waals surface area contributed by atoms with Crippen LogP contribution in [0.5, 0.6) is 0 Å². The molecular weight excluding hydrogens is 560 g/mol. The van der Waals surface area contributed by atoms with Crippen LogP contribution >= 0.6 is 0 Å². The molecule has 0 aromatic heterocycles. The minimum absolute atomic E-state index is 0.500. The maximum absolute atomic E-state index is 6.29. The number of nitrogens with one attached hydrogen (secondary N) is 1. The highest BCUT2D eigenvalue weighted by molar-refractivity contribution is 5.09. The lowest BCUT2D eigenvalue weighted by Crippen LogP contribution is -2.54. The van der Waals surface area contributed by atoms with Crippen molar-refractivity contribution in [3.05, 3.63) is 0 Å². The zero-order valence-corrected chi connectivity index (χ0v) is 31.7.